The molecular formula is C14H21BrFNO2S. The van der Waals surface area contributed by atoms with Gasteiger partial charge in [-0.1, -0.05) is 22.9 Å². The van der Waals surface area contributed by atoms with Crippen molar-refractivity contribution in [1.29, 1.82) is 0 Å². The SMILES string of the molecule is CCCNC(c1cc(Br)ccc1F)C(C)(C)S(C)(=O)=O. The van der Waals surface area contributed by atoms with E-state index in [0.29, 0.717) is 12.1 Å². The zero-order valence-electron chi connectivity index (χ0n) is 12.2. The van der Waals surface area contributed by atoms with Crippen molar-refractivity contribution < 1.29 is 12.8 Å². The maximum atomic E-state index is 14.1. The Morgan fingerprint density at radius 1 is 1.40 bits per heavy atom. The van der Waals surface area contributed by atoms with Crippen molar-refractivity contribution in [3.63, 3.8) is 0 Å². The molecule has 1 rings (SSSR count). The molecule has 6 heteroatoms. The standard InChI is InChI=1S/C14H21BrFNO2S/c1-5-8-17-13(14(2,3)20(4,18)19)11-9-10(15)6-7-12(11)16/h6-7,9,13,17H,5,8H2,1-4H3. The van der Waals surface area contributed by atoms with Gasteiger partial charge in [-0.05, 0) is 45.0 Å². The summed E-state index contributed by atoms with van der Waals surface area (Å²) in [5.41, 5.74) is 0.364. The molecule has 114 valence electrons. The Labute approximate surface area is 129 Å². The molecule has 0 saturated heterocycles. The number of nitrogens with one attached hydrogen (secondary N) is 1. The molecule has 1 aromatic carbocycles. The molecule has 0 fully saturated rings. The summed E-state index contributed by atoms with van der Waals surface area (Å²) in [5, 5.41) is 3.16. The van der Waals surface area contributed by atoms with Gasteiger partial charge in [0.15, 0.2) is 9.84 Å². The smallest absolute Gasteiger partial charge is 0.154 e. The van der Waals surface area contributed by atoms with Crippen molar-refractivity contribution in [2.45, 2.75) is 38.0 Å². The summed E-state index contributed by atoms with van der Waals surface area (Å²) in [6.07, 6.45) is 2.02. The molecule has 1 aromatic rings. The number of benzene rings is 1. The maximum Gasteiger partial charge on any atom is 0.154 e. The van der Waals surface area contributed by atoms with Gasteiger partial charge < -0.3 is 5.32 Å². The van der Waals surface area contributed by atoms with E-state index in [1.54, 1.807) is 26.0 Å². The second kappa shape index (κ2) is 6.54. The third kappa shape index (κ3) is 3.80. The molecule has 0 aliphatic heterocycles. The van der Waals surface area contributed by atoms with Gasteiger partial charge in [0.25, 0.3) is 0 Å². The lowest BCUT2D eigenvalue weighted by Crippen LogP contribution is -2.45. The van der Waals surface area contributed by atoms with Gasteiger partial charge in [0.1, 0.15) is 5.82 Å². The van der Waals surface area contributed by atoms with Gasteiger partial charge in [-0.2, -0.15) is 0 Å². The molecular weight excluding hydrogens is 345 g/mol. The quantitative estimate of drug-likeness (QED) is 0.839. The number of hydrogen-bond acceptors (Lipinski definition) is 3. The zero-order chi connectivity index (χ0) is 15.6. The maximum absolute atomic E-state index is 14.1. The normalized spacial score (nSPS) is 14.3. The van der Waals surface area contributed by atoms with Gasteiger partial charge in [0.2, 0.25) is 0 Å². The first kappa shape index (κ1) is 17.6. The Bertz CT molecular complexity index is 573. The average Bonchev–Trinajstić information content (AvgIpc) is 2.32. The summed E-state index contributed by atoms with van der Waals surface area (Å²) in [4.78, 5) is 0. The van der Waals surface area contributed by atoms with E-state index in [9.17, 15) is 12.8 Å². The van der Waals surface area contributed by atoms with E-state index in [2.05, 4.69) is 21.2 Å². The molecule has 0 radical (unpaired) electrons. The summed E-state index contributed by atoms with van der Waals surface area (Å²) in [6.45, 7) is 5.84. The molecule has 3 nitrogen and oxygen atoms in total. The molecule has 1 unspecified atom stereocenters. The topological polar surface area (TPSA) is 46.2 Å². The molecule has 0 aliphatic rings. The molecule has 0 bridgehead atoms. The van der Waals surface area contributed by atoms with E-state index in [-0.39, 0.29) is 0 Å². The van der Waals surface area contributed by atoms with Gasteiger partial charge in [-0.25, -0.2) is 12.8 Å². The number of sulfone groups is 1. The van der Waals surface area contributed by atoms with Crippen molar-refractivity contribution in [3.05, 3.63) is 34.1 Å². The van der Waals surface area contributed by atoms with Crippen molar-refractivity contribution in [1.82, 2.24) is 5.32 Å². The first-order valence-corrected chi connectivity index (χ1v) is 9.17. The first-order valence-electron chi connectivity index (χ1n) is 6.49. The molecule has 0 spiro atoms. The van der Waals surface area contributed by atoms with E-state index in [1.807, 2.05) is 6.92 Å². The summed E-state index contributed by atoms with van der Waals surface area (Å²) in [5.74, 6) is -0.404. The molecule has 1 atom stereocenters. The van der Waals surface area contributed by atoms with Crippen LogP contribution in [0.3, 0.4) is 0 Å². The lowest BCUT2D eigenvalue weighted by Gasteiger charge is -2.34. The fourth-order valence-corrected chi connectivity index (χ4v) is 2.99. The highest BCUT2D eigenvalue weighted by Crippen LogP contribution is 2.34. The Balaban J connectivity index is 3.36. The second-order valence-corrected chi connectivity index (χ2v) is 8.94. The lowest BCUT2D eigenvalue weighted by atomic mass is 9.94. The molecule has 20 heavy (non-hydrogen) atoms. The van der Waals surface area contributed by atoms with Gasteiger partial charge in [-0.3, -0.25) is 0 Å². The highest BCUT2D eigenvalue weighted by Gasteiger charge is 2.40. The van der Waals surface area contributed by atoms with Gasteiger partial charge in [0, 0.05) is 16.3 Å². The van der Waals surface area contributed by atoms with E-state index >= 15 is 0 Å². The fourth-order valence-electron chi connectivity index (χ4n) is 1.97. The van der Waals surface area contributed by atoms with Crippen LogP contribution in [0.2, 0.25) is 0 Å². The van der Waals surface area contributed by atoms with Crippen LogP contribution in [-0.2, 0) is 9.84 Å². The van der Waals surface area contributed by atoms with Crippen molar-refractivity contribution >= 4 is 25.8 Å². The van der Waals surface area contributed by atoms with E-state index in [4.69, 9.17) is 0 Å². The van der Waals surface area contributed by atoms with E-state index in [0.717, 1.165) is 10.9 Å². The van der Waals surface area contributed by atoms with E-state index in [1.165, 1.54) is 12.3 Å². The van der Waals surface area contributed by atoms with Crippen LogP contribution >= 0.6 is 15.9 Å². The summed E-state index contributed by atoms with van der Waals surface area (Å²) in [7, 11) is -3.35. The molecule has 0 amide bonds. The van der Waals surface area contributed by atoms with Crippen molar-refractivity contribution in [2.75, 3.05) is 12.8 Å². The van der Waals surface area contributed by atoms with Crippen molar-refractivity contribution in [2.24, 2.45) is 0 Å². The van der Waals surface area contributed by atoms with E-state index < -0.39 is 26.4 Å². The fraction of sp³-hybridized carbons (Fsp3) is 0.571. The number of hydrogen-bond donors (Lipinski definition) is 1. The zero-order valence-corrected chi connectivity index (χ0v) is 14.6. The molecule has 0 aromatic heterocycles. The largest absolute Gasteiger partial charge is 0.309 e. The highest BCUT2D eigenvalue weighted by molar-refractivity contribution is 9.10. The number of rotatable bonds is 6. The van der Waals surface area contributed by atoms with Crippen LogP contribution in [0.4, 0.5) is 4.39 Å². The number of halogens is 2. The monoisotopic (exact) mass is 365 g/mol. The van der Waals surface area contributed by atoms with Gasteiger partial charge in [0.05, 0.1) is 10.8 Å². The van der Waals surface area contributed by atoms with Crippen LogP contribution in [0.25, 0.3) is 0 Å². The van der Waals surface area contributed by atoms with Crippen molar-refractivity contribution in [3.8, 4) is 0 Å². The van der Waals surface area contributed by atoms with Crippen LogP contribution in [0, 0.1) is 5.82 Å². The second-order valence-electron chi connectivity index (χ2n) is 5.43. The Kier molecular flexibility index (Phi) is 5.75. The van der Waals surface area contributed by atoms with Crippen LogP contribution < -0.4 is 5.32 Å². The van der Waals surface area contributed by atoms with Gasteiger partial charge in [-0.15, -0.1) is 0 Å². The molecule has 0 heterocycles. The average molecular weight is 366 g/mol. The highest BCUT2D eigenvalue weighted by atomic mass is 79.9. The third-order valence-electron chi connectivity index (χ3n) is 3.52. The molecule has 1 N–H and O–H groups in total. The van der Waals surface area contributed by atoms with Crippen LogP contribution in [-0.4, -0.2) is 26.0 Å². The predicted octanol–water partition coefficient (Wildman–Crippen LogP) is 3.45. The minimum absolute atomic E-state index is 0.364. The van der Waals surface area contributed by atoms with Crippen LogP contribution in [0.15, 0.2) is 22.7 Å². The lowest BCUT2D eigenvalue weighted by molar-refractivity contribution is 0.406. The first-order chi connectivity index (χ1) is 9.11. The summed E-state index contributed by atoms with van der Waals surface area (Å²) >= 11 is 3.31. The van der Waals surface area contributed by atoms with Gasteiger partial charge >= 0.3 is 0 Å². The minimum Gasteiger partial charge on any atom is -0.309 e. The molecule has 0 aliphatic carbocycles. The molecule has 0 saturated carbocycles. The third-order valence-corrected chi connectivity index (χ3v) is 6.16. The minimum atomic E-state index is -3.35. The Morgan fingerprint density at radius 2 is 2.00 bits per heavy atom. The predicted molar refractivity (Wildman–Crippen MR) is 84.1 cm³/mol. The summed E-state index contributed by atoms with van der Waals surface area (Å²) in [6, 6.07) is 3.98. The Hall–Kier alpha value is -0.460. The van der Waals surface area contributed by atoms with Crippen LogP contribution in [0.1, 0.15) is 38.8 Å². The van der Waals surface area contributed by atoms with Crippen LogP contribution in [0.5, 0.6) is 0 Å². The Morgan fingerprint density at radius 3 is 2.50 bits per heavy atom. The summed E-state index contributed by atoms with van der Waals surface area (Å²) < 4.78 is 37.8.